The number of aromatic hydroxyl groups is 1. The molecule has 1 heterocycles. The van der Waals surface area contributed by atoms with E-state index in [-0.39, 0.29) is 28.8 Å². The lowest BCUT2D eigenvalue weighted by Crippen LogP contribution is -2.21. The van der Waals surface area contributed by atoms with Crippen LogP contribution in [0.4, 0.5) is 0 Å². The number of benzene rings is 3. The molecule has 1 aliphatic rings. The lowest BCUT2D eigenvalue weighted by atomic mass is 9.83. The summed E-state index contributed by atoms with van der Waals surface area (Å²) in [5.41, 5.74) is 8.71. The molecule has 0 saturated carbocycles. The van der Waals surface area contributed by atoms with Gasteiger partial charge in [0.15, 0.2) is 11.5 Å². The Morgan fingerprint density at radius 2 is 1.91 bits per heavy atom. The highest BCUT2D eigenvalue weighted by Gasteiger charge is 2.32. The van der Waals surface area contributed by atoms with Gasteiger partial charge in [0, 0.05) is 17.2 Å². The van der Waals surface area contributed by atoms with Gasteiger partial charge in [0.1, 0.15) is 29.7 Å². The molecule has 164 valence electrons. The number of nitriles is 2. The minimum atomic E-state index is -0.584. The fourth-order valence-corrected chi connectivity index (χ4v) is 4.01. The summed E-state index contributed by atoms with van der Waals surface area (Å²) in [6.07, 6.45) is 0. The van der Waals surface area contributed by atoms with Crippen LogP contribution < -0.4 is 19.9 Å². The van der Waals surface area contributed by atoms with Gasteiger partial charge in [0.2, 0.25) is 5.88 Å². The summed E-state index contributed by atoms with van der Waals surface area (Å²) < 4.78 is 17.0. The van der Waals surface area contributed by atoms with Crippen molar-refractivity contribution in [2.24, 2.45) is 5.73 Å². The van der Waals surface area contributed by atoms with Crippen molar-refractivity contribution >= 4 is 11.6 Å². The number of methoxy groups -OCH3 is 1. The molecule has 0 unspecified atom stereocenters. The minimum Gasteiger partial charge on any atom is -0.508 e. The fraction of sp³-hybridized carbons (Fsp3) is 0.120. The molecule has 0 fully saturated rings. The molecule has 0 spiro atoms. The number of nitrogens with zero attached hydrogens (tertiary/aromatic N) is 2. The Labute approximate surface area is 195 Å². The zero-order valence-corrected chi connectivity index (χ0v) is 18.3. The molecule has 0 aliphatic carbocycles. The molecule has 0 bridgehead atoms. The number of phenols is 1. The van der Waals surface area contributed by atoms with Gasteiger partial charge in [-0.1, -0.05) is 35.9 Å². The highest BCUT2D eigenvalue weighted by molar-refractivity contribution is 6.32. The van der Waals surface area contributed by atoms with Gasteiger partial charge in [-0.15, -0.1) is 0 Å². The average Bonchev–Trinajstić information content (AvgIpc) is 2.82. The first-order chi connectivity index (χ1) is 16.0. The second-order valence-electron chi connectivity index (χ2n) is 7.24. The van der Waals surface area contributed by atoms with E-state index < -0.39 is 5.92 Å². The van der Waals surface area contributed by atoms with Gasteiger partial charge in [-0.05, 0) is 29.8 Å². The number of rotatable bonds is 5. The maximum Gasteiger partial charge on any atom is 0.205 e. The quantitative estimate of drug-likeness (QED) is 0.565. The molecular weight excluding hydrogens is 442 g/mol. The molecule has 0 saturated heterocycles. The molecule has 3 aromatic rings. The van der Waals surface area contributed by atoms with E-state index in [2.05, 4.69) is 12.1 Å². The van der Waals surface area contributed by atoms with Gasteiger partial charge in [-0.25, -0.2) is 0 Å². The summed E-state index contributed by atoms with van der Waals surface area (Å²) in [4.78, 5) is 0. The third kappa shape index (κ3) is 4.10. The van der Waals surface area contributed by atoms with Crippen molar-refractivity contribution in [2.45, 2.75) is 12.5 Å². The van der Waals surface area contributed by atoms with Crippen molar-refractivity contribution < 1.29 is 19.3 Å². The Kier molecular flexibility index (Phi) is 5.99. The monoisotopic (exact) mass is 459 g/mol. The van der Waals surface area contributed by atoms with Gasteiger partial charge >= 0.3 is 0 Å². The van der Waals surface area contributed by atoms with Crippen molar-refractivity contribution in [1.29, 1.82) is 10.5 Å². The van der Waals surface area contributed by atoms with Crippen LogP contribution in [0.5, 0.6) is 23.0 Å². The van der Waals surface area contributed by atoms with Gasteiger partial charge in [-0.2, -0.15) is 10.5 Å². The van der Waals surface area contributed by atoms with Crippen molar-refractivity contribution in [2.75, 3.05) is 7.11 Å². The second-order valence-corrected chi connectivity index (χ2v) is 7.65. The SMILES string of the molecule is COc1cc([C@@H]2C(C#N)=C(N)Oc3cc(O)ccc32)cc(Cl)c1OCc1ccccc1C#N. The first kappa shape index (κ1) is 21.9. The van der Waals surface area contributed by atoms with Gasteiger partial charge in [-0.3, -0.25) is 0 Å². The van der Waals surface area contributed by atoms with Crippen molar-refractivity contribution in [3.05, 3.63) is 93.3 Å². The smallest absolute Gasteiger partial charge is 0.205 e. The third-order valence-electron chi connectivity index (χ3n) is 5.30. The van der Waals surface area contributed by atoms with Crippen LogP contribution >= 0.6 is 11.6 Å². The van der Waals surface area contributed by atoms with Crippen LogP contribution in [-0.4, -0.2) is 12.2 Å². The van der Waals surface area contributed by atoms with Crippen LogP contribution in [0.1, 0.15) is 28.2 Å². The minimum absolute atomic E-state index is 0.0118. The number of phenolic OH excluding ortho intramolecular Hbond substituents is 1. The molecule has 8 heteroatoms. The first-order valence-corrected chi connectivity index (χ1v) is 10.2. The topological polar surface area (TPSA) is 122 Å². The zero-order valence-electron chi connectivity index (χ0n) is 17.5. The van der Waals surface area contributed by atoms with Crippen LogP contribution in [0, 0.1) is 22.7 Å². The number of ether oxygens (including phenoxy) is 3. The predicted octanol–water partition coefficient (Wildman–Crippen LogP) is 4.72. The molecule has 1 aliphatic heterocycles. The van der Waals surface area contributed by atoms with E-state index in [0.717, 1.165) is 0 Å². The van der Waals surface area contributed by atoms with Crippen molar-refractivity contribution in [1.82, 2.24) is 0 Å². The summed E-state index contributed by atoms with van der Waals surface area (Å²) >= 11 is 6.58. The number of hydrogen-bond donors (Lipinski definition) is 2. The summed E-state index contributed by atoms with van der Waals surface area (Å²) in [6, 6.07) is 19.4. The van der Waals surface area contributed by atoms with E-state index in [1.54, 1.807) is 36.4 Å². The van der Waals surface area contributed by atoms with Crippen LogP contribution in [0.2, 0.25) is 5.02 Å². The number of nitrogens with two attached hydrogens (primary N) is 1. The third-order valence-corrected chi connectivity index (χ3v) is 5.58. The van der Waals surface area contributed by atoms with E-state index >= 15 is 0 Å². The van der Waals surface area contributed by atoms with Crippen LogP contribution in [0.25, 0.3) is 0 Å². The lowest BCUT2D eigenvalue weighted by Gasteiger charge is -2.27. The molecule has 7 nitrogen and oxygen atoms in total. The van der Waals surface area contributed by atoms with Crippen LogP contribution in [-0.2, 0) is 6.61 Å². The Morgan fingerprint density at radius 1 is 1.12 bits per heavy atom. The van der Waals surface area contributed by atoms with Crippen LogP contribution in [0.15, 0.2) is 66.1 Å². The van der Waals surface area contributed by atoms with E-state index in [0.29, 0.717) is 39.5 Å². The van der Waals surface area contributed by atoms with E-state index in [9.17, 15) is 15.6 Å². The molecule has 0 aromatic heterocycles. The Morgan fingerprint density at radius 3 is 2.64 bits per heavy atom. The maximum atomic E-state index is 9.83. The molecule has 0 amide bonds. The standard InChI is InChI=1S/C25H18ClN3O4/c1-31-22-9-16(8-20(26)24(22)32-13-15-5-3-2-4-14(15)11-27)23-18-7-6-17(30)10-21(18)33-25(29)19(23)12-28/h2-10,23,30H,13,29H2,1H3/t23-/m0/s1. The van der Waals surface area contributed by atoms with Crippen molar-refractivity contribution in [3.63, 3.8) is 0 Å². The number of halogens is 1. The fourth-order valence-electron chi connectivity index (χ4n) is 3.74. The summed E-state index contributed by atoms with van der Waals surface area (Å²) in [5, 5.41) is 29.1. The first-order valence-electron chi connectivity index (χ1n) is 9.85. The molecule has 1 atom stereocenters. The number of allylic oxidation sites excluding steroid dienone is 1. The van der Waals surface area contributed by atoms with Gasteiger partial charge in [0.05, 0.1) is 29.7 Å². The van der Waals surface area contributed by atoms with E-state index in [1.807, 2.05) is 6.07 Å². The lowest BCUT2D eigenvalue weighted by molar-refractivity contribution is 0.284. The number of hydrogen-bond acceptors (Lipinski definition) is 7. The summed E-state index contributed by atoms with van der Waals surface area (Å²) in [6.45, 7) is 0.120. The predicted molar refractivity (Wildman–Crippen MR) is 121 cm³/mol. The largest absolute Gasteiger partial charge is 0.508 e. The Bertz CT molecular complexity index is 1350. The highest BCUT2D eigenvalue weighted by atomic mass is 35.5. The normalized spacial score (nSPS) is 14.5. The summed E-state index contributed by atoms with van der Waals surface area (Å²) in [5.74, 6) is 0.389. The average molecular weight is 460 g/mol. The molecular formula is C25H18ClN3O4. The Balaban J connectivity index is 1.75. The van der Waals surface area contributed by atoms with E-state index in [4.69, 9.17) is 31.5 Å². The number of fused-ring (bicyclic) bond motifs is 1. The highest BCUT2D eigenvalue weighted by Crippen LogP contribution is 2.47. The molecule has 0 radical (unpaired) electrons. The molecule has 4 rings (SSSR count). The Hall–Kier alpha value is -4.33. The molecule has 3 aromatic carbocycles. The molecule has 33 heavy (non-hydrogen) atoms. The van der Waals surface area contributed by atoms with E-state index in [1.165, 1.54) is 19.2 Å². The maximum absolute atomic E-state index is 9.83. The zero-order chi connectivity index (χ0) is 23.5. The second kappa shape index (κ2) is 9.04. The van der Waals surface area contributed by atoms with Gasteiger partial charge < -0.3 is 25.1 Å². The van der Waals surface area contributed by atoms with Gasteiger partial charge in [0.25, 0.3) is 0 Å². The molecule has 3 N–H and O–H groups in total. The van der Waals surface area contributed by atoms with Crippen molar-refractivity contribution in [3.8, 4) is 35.1 Å². The summed E-state index contributed by atoms with van der Waals surface area (Å²) in [7, 11) is 1.48. The van der Waals surface area contributed by atoms with Crippen LogP contribution in [0.3, 0.4) is 0 Å².